The zero-order valence-electron chi connectivity index (χ0n) is 12.9. The predicted molar refractivity (Wildman–Crippen MR) is 93.6 cm³/mol. The third kappa shape index (κ3) is 4.93. The highest BCUT2D eigenvalue weighted by Gasteiger charge is 2.08. The second-order valence-electron chi connectivity index (χ2n) is 5.12. The molecule has 0 spiro atoms. The van der Waals surface area contributed by atoms with Gasteiger partial charge in [-0.15, -0.1) is 0 Å². The lowest BCUT2D eigenvalue weighted by Gasteiger charge is -2.10. The van der Waals surface area contributed by atoms with Crippen molar-refractivity contribution < 1.29 is 9.53 Å². The summed E-state index contributed by atoms with van der Waals surface area (Å²) in [5, 5.41) is 0. The number of ether oxygens (including phenoxy) is 1. The van der Waals surface area contributed by atoms with E-state index in [9.17, 15) is 9.59 Å². The molecule has 1 heterocycles. The quantitative estimate of drug-likeness (QED) is 0.547. The first-order valence-electron chi connectivity index (χ1n) is 7.29. The van der Waals surface area contributed by atoms with Crippen LogP contribution in [0.1, 0.15) is 18.9 Å². The molecule has 0 fully saturated rings. The van der Waals surface area contributed by atoms with Crippen molar-refractivity contribution in [3.63, 3.8) is 0 Å². The number of aryl methyl sites for hydroxylation is 1. The Morgan fingerprint density at radius 2 is 2.00 bits per heavy atom. The molecule has 0 aliphatic rings. The maximum absolute atomic E-state index is 12.3. The van der Waals surface area contributed by atoms with Gasteiger partial charge >= 0.3 is 0 Å². The molecule has 0 aliphatic carbocycles. The van der Waals surface area contributed by atoms with Crippen molar-refractivity contribution >= 4 is 22.2 Å². The average Bonchev–Trinajstić information content (AvgIpc) is 2.58. The predicted octanol–water partition coefficient (Wildman–Crippen LogP) is 3.73. The van der Waals surface area contributed by atoms with Crippen LogP contribution < -0.4 is 10.3 Å². The SMILES string of the molecule is C/C(C=O)=C\CCn1ccc(OCc2ccccc2)c(Br)c1=O. The molecule has 0 atom stereocenters. The van der Waals surface area contributed by atoms with E-state index in [-0.39, 0.29) is 5.56 Å². The molecule has 5 heteroatoms. The molecule has 0 aliphatic heterocycles. The molecule has 1 aromatic carbocycles. The first-order chi connectivity index (χ1) is 11.1. The average molecular weight is 376 g/mol. The number of carbonyl (C=O) groups is 1. The summed E-state index contributed by atoms with van der Waals surface area (Å²) >= 11 is 3.31. The van der Waals surface area contributed by atoms with Gasteiger partial charge in [-0.1, -0.05) is 36.4 Å². The fourth-order valence-corrected chi connectivity index (χ4v) is 2.51. The molecule has 4 nitrogen and oxygen atoms in total. The molecule has 120 valence electrons. The van der Waals surface area contributed by atoms with Crippen LogP contribution in [0.2, 0.25) is 0 Å². The molecule has 0 saturated heterocycles. The smallest absolute Gasteiger partial charge is 0.268 e. The molecule has 1 aromatic heterocycles. The number of halogens is 1. The van der Waals surface area contributed by atoms with Crippen molar-refractivity contribution in [1.82, 2.24) is 4.57 Å². The highest BCUT2D eigenvalue weighted by atomic mass is 79.9. The number of nitrogens with zero attached hydrogens (tertiary/aromatic N) is 1. The standard InChI is InChI=1S/C18H18BrNO3/c1-14(12-21)6-5-10-20-11-9-16(17(19)18(20)22)23-13-15-7-3-2-4-8-15/h2-4,6-9,11-12H,5,10,13H2,1H3/b14-6+. The van der Waals surface area contributed by atoms with E-state index in [2.05, 4.69) is 15.9 Å². The van der Waals surface area contributed by atoms with Gasteiger partial charge in [0.15, 0.2) is 0 Å². The van der Waals surface area contributed by atoms with E-state index < -0.39 is 0 Å². The number of hydrogen-bond donors (Lipinski definition) is 0. The van der Waals surface area contributed by atoms with Gasteiger partial charge in [-0.05, 0) is 46.5 Å². The molecular weight excluding hydrogens is 358 g/mol. The van der Waals surface area contributed by atoms with Crippen LogP contribution in [0.15, 0.2) is 63.5 Å². The third-order valence-electron chi connectivity index (χ3n) is 3.33. The zero-order chi connectivity index (χ0) is 16.7. The van der Waals surface area contributed by atoms with E-state index in [1.54, 1.807) is 23.8 Å². The normalized spacial score (nSPS) is 11.3. The molecule has 0 amide bonds. The fraction of sp³-hybridized carbons (Fsp3) is 0.222. The molecular formula is C18H18BrNO3. The van der Waals surface area contributed by atoms with E-state index in [1.807, 2.05) is 36.4 Å². The molecule has 0 radical (unpaired) electrons. The molecule has 23 heavy (non-hydrogen) atoms. The Balaban J connectivity index is 2.05. The van der Waals surface area contributed by atoms with Crippen molar-refractivity contribution in [3.8, 4) is 5.75 Å². The summed E-state index contributed by atoms with van der Waals surface area (Å²) in [5.74, 6) is 0.523. The highest BCUT2D eigenvalue weighted by Crippen LogP contribution is 2.21. The van der Waals surface area contributed by atoms with E-state index in [0.717, 1.165) is 11.8 Å². The van der Waals surface area contributed by atoms with Crippen LogP contribution in [0.4, 0.5) is 0 Å². The first kappa shape index (κ1) is 17.2. The number of rotatable bonds is 7. The minimum absolute atomic E-state index is 0.146. The monoisotopic (exact) mass is 375 g/mol. The zero-order valence-corrected chi connectivity index (χ0v) is 14.5. The van der Waals surface area contributed by atoms with Crippen molar-refractivity contribution in [2.45, 2.75) is 26.5 Å². The Kier molecular flexibility index (Phi) is 6.35. The minimum Gasteiger partial charge on any atom is -0.487 e. The minimum atomic E-state index is -0.146. The summed E-state index contributed by atoms with van der Waals surface area (Å²) in [5.41, 5.74) is 1.56. The lowest BCUT2D eigenvalue weighted by molar-refractivity contribution is -0.104. The summed E-state index contributed by atoms with van der Waals surface area (Å²) in [6.07, 6.45) is 4.95. The number of allylic oxidation sites excluding steroid dienone is 2. The van der Waals surface area contributed by atoms with Crippen LogP contribution in [0, 0.1) is 0 Å². The van der Waals surface area contributed by atoms with Crippen molar-refractivity contribution in [2.75, 3.05) is 0 Å². The molecule has 0 unspecified atom stereocenters. The van der Waals surface area contributed by atoms with Gasteiger partial charge in [-0.3, -0.25) is 9.59 Å². The van der Waals surface area contributed by atoms with Gasteiger partial charge in [0.2, 0.25) is 0 Å². The maximum Gasteiger partial charge on any atom is 0.268 e. The summed E-state index contributed by atoms with van der Waals surface area (Å²) in [6.45, 7) is 2.66. The summed E-state index contributed by atoms with van der Waals surface area (Å²) < 4.78 is 7.70. The molecule has 2 aromatic rings. The van der Waals surface area contributed by atoms with Gasteiger partial charge in [-0.25, -0.2) is 0 Å². The third-order valence-corrected chi connectivity index (χ3v) is 4.06. The van der Waals surface area contributed by atoms with Crippen LogP contribution >= 0.6 is 15.9 Å². The van der Waals surface area contributed by atoms with Crippen LogP contribution in [0.25, 0.3) is 0 Å². The molecule has 0 N–H and O–H groups in total. The Bertz CT molecular complexity index is 751. The van der Waals surface area contributed by atoms with Crippen LogP contribution in [0.5, 0.6) is 5.75 Å². The lowest BCUT2D eigenvalue weighted by Crippen LogP contribution is -2.20. The largest absolute Gasteiger partial charge is 0.487 e. The van der Waals surface area contributed by atoms with Gasteiger partial charge in [0.1, 0.15) is 23.1 Å². The van der Waals surface area contributed by atoms with E-state index in [1.165, 1.54) is 0 Å². The Labute approximate surface area is 143 Å². The molecule has 0 bridgehead atoms. The second-order valence-corrected chi connectivity index (χ2v) is 5.91. The van der Waals surface area contributed by atoms with Crippen molar-refractivity contribution in [3.05, 3.63) is 74.6 Å². The number of carbonyl (C=O) groups excluding carboxylic acids is 1. The van der Waals surface area contributed by atoms with E-state index >= 15 is 0 Å². The Morgan fingerprint density at radius 1 is 1.26 bits per heavy atom. The number of hydrogen-bond acceptors (Lipinski definition) is 3. The van der Waals surface area contributed by atoms with Crippen molar-refractivity contribution in [2.24, 2.45) is 0 Å². The Morgan fingerprint density at radius 3 is 2.70 bits per heavy atom. The van der Waals surface area contributed by atoms with E-state index in [0.29, 0.717) is 35.4 Å². The van der Waals surface area contributed by atoms with Gasteiger partial charge in [0.25, 0.3) is 5.56 Å². The number of aldehydes is 1. The molecule has 2 rings (SSSR count). The van der Waals surface area contributed by atoms with Crippen LogP contribution in [-0.2, 0) is 17.9 Å². The van der Waals surface area contributed by atoms with Gasteiger partial charge in [-0.2, -0.15) is 0 Å². The second kappa shape index (κ2) is 8.48. The number of pyridine rings is 1. The number of benzene rings is 1. The Hall–Kier alpha value is -2.14. The fourth-order valence-electron chi connectivity index (χ4n) is 2.03. The lowest BCUT2D eigenvalue weighted by atomic mass is 10.2. The first-order valence-corrected chi connectivity index (χ1v) is 8.08. The number of aromatic nitrogens is 1. The van der Waals surface area contributed by atoms with Crippen molar-refractivity contribution in [1.29, 1.82) is 0 Å². The van der Waals surface area contributed by atoms with Crippen LogP contribution in [-0.4, -0.2) is 10.9 Å². The summed E-state index contributed by atoms with van der Waals surface area (Å²) in [7, 11) is 0. The summed E-state index contributed by atoms with van der Waals surface area (Å²) in [6, 6.07) is 11.5. The maximum atomic E-state index is 12.3. The highest BCUT2D eigenvalue weighted by molar-refractivity contribution is 9.10. The van der Waals surface area contributed by atoms with Gasteiger partial charge in [0, 0.05) is 12.7 Å². The topological polar surface area (TPSA) is 48.3 Å². The summed E-state index contributed by atoms with van der Waals surface area (Å²) in [4.78, 5) is 22.8. The molecule has 0 saturated carbocycles. The van der Waals surface area contributed by atoms with Crippen LogP contribution in [0.3, 0.4) is 0 Å². The van der Waals surface area contributed by atoms with Gasteiger partial charge < -0.3 is 9.30 Å². The van der Waals surface area contributed by atoms with Gasteiger partial charge in [0.05, 0.1) is 0 Å². The van der Waals surface area contributed by atoms with E-state index in [4.69, 9.17) is 4.74 Å².